The van der Waals surface area contributed by atoms with Crippen LogP contribution in [0.3, 0.4) is 0 Å². The summed E-state index contributed by atoms with van der Waals surface area (Å²) < 4.78 is 0. The van der Waals surface area contributed by atoms with Gasteiger partial charge >= 0.3 is 0 Å². The third kappa shape index (κ3) is 2.96. The lowest BCUT2D eigenvalue weighted by molar-refractivity contribution is 1.11. The molecule has 1 aliphatic rings. The van der Waals surface area contributed by atoms with Crippen molar-refractivity contribution in [3.8, 4) is 0 Å². The molecule has 0 unspecified atom stereocenters. The lowest BCUT2D eigenvalue weighted by Gasteiger charge is -2.14. The first-order valence-corrected chi connectivity index (χ1v) is 8.80. The van der Waals surface area contributed by atoms with Crippen molar-refractivity contribution in [1.82, 2.24) is 0 Å². The summed E-state index contributed by atoms with van der Waals surface area (Å²) in [6, 6.07) is 23.4. The highest BCUT2D eigenvalue weighted by molar-refractivity contribution is 6.17. The molecule has 0 saturated carbocycles. The number of rotatable bonds is 3. The van der Waals surface area contributed by atoms with Crippen molar-refractivity contribution >= 4 is 17.1 Å². The minimum atomic E-state index is 0.998. The molecule has 0 saturated heterocycles. The number of aryl methyl sites for hydroxylation is 2. The SMILES string of the molecule is Cc1cccc(C)c1N=C(c1ccccc1)c1cccc2c1NCC2. The minimum Gasteiger partial charge on any atom is -0.384 e. The molecule has 0 aromatic heterocycles. The molecule has 3 aromatic carbocycles. The number of anilines is 1. The van der Waals surface area contributed by atoms with Crippen molar-refractivity contribution in [3.05, 3.63) is 94.5 Å². The molecule has 25 heavy (non-hydrogen) atoms. The van der Waals surface area contributed by atoms with Crippen LogP contribution in [0.15, 0.2) is 71.7 Å². The Morgan fingerprint density at radius 3 is 2.32 bits per heavy atom. The zero-order chi connectivity index (χ0) is 17.2. The first kappa shape index (κ1) is 15.6. The van der Waals surface area contributed by atoms with Crippen LogP contribution in [0.4, 0.5) is 11.4 Å². The fourth-order valence-corrected chi connectivity index (χ4v) is 3.51. The van der Waals surface area contributed by atoms with Crippen LogP contribution in [0, 0.1) is 13.8 Å². The molecule has 1 aliphatic heterocycles. The lowest BCUT2D eigenvalue weighted by atomic mass is 9.97. The number of hydrogen-bond donors (Lipinski definition) is 1. The smallest absolute Gasteiger partial charge is 0.0802 e. The molecule has 0 amide bonds. The fraction of sp³-hybridized carbons (Fsp3) is 0.174. The normalized spacial score (nSPS) is 13.4. The molecule has 0 spiro atoms. The molecule has 0 atom stereocenters. The molecular formula is C23H22N2. The van der Waals surface area contributed by atoms with Crippen LogP contribution in [0.5, 0.6) is 0 Å². The number of fused-ring (bicyclic) bond motifs is 1. The highest BCUT2D eigenvalue weighted by atomic mass is 14.9. The van der Waals surface area contributed by atoms with Crippen molar-refractivity contribution in [2.45, 2.75) is 20.3 Å². The fourth-order valence-electron chi connectivity index (χ4n) is 3.51. The molecule has 2 heteroatoms. The van der Waals surface area contributed by atoms with Gasteiger partial charge in [0, 0.05) is 23.4 Å². The van der Waals surface area contributed by atoms with Crippen LogP contribution in [0.25, 0.3) is 0 Å². The molecule has 0 aliphatic carbocycles. The molecular weight excluding hydrogens is 304 g/mol. The summed E-state index contributed by atoms with van der Waals surface area (Å²) in [6.07, 6.45) is 1.08. The second kappa shape index (κ2) is 6.56. The van der Waals surface area contributed by atoms with E-state index >= 15 is 0 Å². The number of para-hydroxylation sites is 2. The summed E-state index contributed by atoms with van der Waals surface area (Å²) >= 11 is 0. The van der Waals surface area contributed by atoms with E-state index in [0.717, 1.165) is 29.9 Å². The van der Waals surface area contributed by atoms with Gasteiger partial charge in [-0.3, -0.25) is 0 Å². The molecule has 3 aromatic rings. The molecule has 0 radical (unpaired) electrons. The monoisotopic (exact) mass is 326 g/mol. The Hall–Kier alpha value is -2.87. The van der Waals surface area contributed by atoms with Crippen molar-refractivity contribution in [2.24, 2.45) is 4.99 Å². The first-order valence-electron chi connectivity index (χ1n) is 8.80. The maximum Gasteiger partial charge on any atom is 0.0802 e. The van der Waals surface area contributed by atoms with E-state index in [2.05, 4.69) is 79.8 Å². The van der Waals surface area contributed by atoms with Gasteiger partial charge < -0.3 is 5.32 Å². The summed E-state index contributed by atoms with van der Waals surface area (Å²) in [6.45, 7) is 5.25. The van der Waals surface area contributed by atoms with Gasteiger partial charge in [-0.2, -0.15) is 0 Å². The number of hydrogen-bond acceptors (Lipinski definition) is 2. The van der Waals surface area contributed by atoms with Crippen molar-refractivity contribution in [3.63, 3.8) is 0 Å². The van der Waals surface area contributed by atoms with E-state index in [0.29, 0.717) is 0 Å². The van der Waals surface area contributed by atoms with E-state index in [1.807, 2.05) is 6.07 Å². The highest BCUT2D eigenvalue weighted by Gasteiger charge is 2.19. The highest BCUT2D eigenvalue weighted by Crippen LogP contribution is 2.31. The van der Waals surface area contributed by atoms with Crippen LogP contribution in [0.2, 0.25) is 0 Å². The Balaban J connectivity index is 1.96. The van der Waals surface area contributed by atoms with Gasteiger partial charge in [-0.05, 0) is 37.0 Å². The van der Waals surface area contributed by atoms with E-state index in [-0.39, 0.29) is 0 Å². The van der Waals surface area contributed by atoms with E-state index in [1.54, 1.807) is 0 Å². The predicted octanol–water partition coefficient (Wildman–Crippen LogP) is 5.44. The van der Waals surface area contributed by atoms with Gasteiger partial charge in [-0.15, -0.1) is 0 Å². The molecule has 1 heterocycles. The van der Waals surface area contributed by atoms with Crippen molar-refractivity contribution in [2.75, 3.05) is 11.9 Å². The van der Waals surface area contributed by atoms with Gasteiger partial charge in [0.2, 0.25) is 0 Å². The van der Waals surface area contributed by atoms with Crippen LogP contribution >= 0.6 is 0 Å². The average molecular weight is 326 g/mol. The number of benzene rings is 3. The summed E-state index contributed by atoms with van der Waals surface area (Å²) in [5.41, 5.74) is 9.44. The second-order valence-electron chi connectivity index (χ2n) is 6.58. The maximum absolute atomic E-state index is 5.15. The topological polar surface area (TPSA) is 24.4 Å². The minimum absolute atomic E-state index is 0.998. The summed E-state index contributed by atoms with van der Waals surface area (Å²) in [5.74, 6) is 0. The zero-order valence-corrected chi connectivity index (χ0v) is 14.7. The van der Waals surface area contributed by atoms with E-state index < -0.39 is 0 Å². The third-order valence-corrected chi connectivity index (χ3v) is 4.81. The van der Waals surface area contributed by atoms with Crippen LogP contribution in [-0.2, 0) is 6.42 Å². The quantitative estimate of drug-likeness (QED) is 0.637. The first-order chi connectivity index (χ1) is 12.2. The molecule has 0 bridgehead atoms. The largest absolute Gasteiger partial charge is 0.384 e. The molecule has 0 fully saturated rings. The average Bonchev–Trinajstić information content (AvgIpc) is 3.11. The van der Waals surface area contributed by atoms with Crippen molar-refractivity contribution in [1.29, 1.82) is 0 Å². The van der Waals surface area contributed by atoms with Crippen LogP contribution in [-0.4, -0.2) is 12.3 Å². The molecule has 1 N–H and O–H groups in total. The Labute approximate surface area is 149 Å². The van der Waals surface area contributed by atoms with Gasteiger partial charge in [-0.25, -0.2) is 4.99 Å². The second-order valence-corrected chi connectivity index (χ2v) is 6.58. The molecule has 4 rings (SSSR count). The Kier molecular flexibility index (Phi) is 4.10. The number of aliphatic imine (C=N–C) groups is 1. The van der Waals surface area contributed by atoms with E-state index in [4.69, 9.17) is 4.99 Å². The summed E-state index contributed by atoms with van der Waals surface area (Å²) in [5, 5.41) is 3.55. The van der Waals surface area contributed by atoms with Crippen LogP contribution < -0.4 is 5.32 Å². The Bertz CT molecular complexity index is 919. The maximum atomic E-state index is 5.15. The van der Waals surface area contributed by atoms with Crippen molar-refractivity contribution < 1.29 is 0 Å². The molecule has 2 nitrogen and oxygen atoms in total. The number of nitrogens with zero attached hydrogens (tertiary/aromatic N) is 1. The molecule has 124 valence electrons. The third-order valence-electron chi connectivity index (χ3n) is 4.81. The Morgan fingerprint density at radius 2 is 1.56 bits per heavy atom. The Morgan fingerprint density at radius 1 is 0.840 bits per heavy atom. The van der Waals surface area contributed by atoms with Gasteiger partial charge in [0.05, 0.1) is 11.4 Å². The van der Waals surface area contributed by atoms with Gasteiger partial charge in [-0.1, -0.05) is 66.7 Å². The van der Waals surface area contributed by atoms with Gasteiger partial charge in [0.25, 0.3) is 0 Å². The number of nitrogens with one attached hydrogen (secondary N) is 1. The summed E-state index contributed by atoms with van der Waals surface area (Å²) in [7, 11) is 0. The predicted molar refractivity (Wildman–Crippen MR) is 106 cm³/mol. The van der Waals surface area contributed by atoms with Gasteiger partial charge in [0.1, 0.15) is 0 Å². The lowest BCUT2D eigenvalue weighted by Crippen LogP contribution is -2.07. The van der Waals surface area contributed by atoms with Gasteiger partial charge in [0.15, 0.2) is 0 Å². The standard InChI is InChI=1S/C23H22N2/c1-16-8-6-9-17(2)21(16)25-23(18-10-4-3-5-11-18)20-13-7-12-19-14-15-24-22(19)20/h3-13,24H,14-15H2,1-2H3. The summed E-state index contributed by atoms with van der Waals surface area (Å²) in [4.78, 5) is 5.15. The van der Waals surface area contributed by atoms with Crippen LogP contribution in [0.1, 0.15) is 27.8 Å². The van der Waals surface area contributed by atoms with E-state index in [9.17, 15) is 0 Å². The zero-order valence-electron chi connectivity index (χ0n) is 14.7. The van der Waals surface area contributed by atoms with E-state index in [1.165, 1.54) is 27.9 Å².